The van der Waals surface area contributed by atoms with E-state index >= 15 is 0 Å². The molecule has 0 saturated carbocycles. The molecule has 1 aromatic carbocycles. The minimum Gasteiger partial charge on any atom is -0.406 e. The van der Waals surface area contributed by atoms with Crippen LogP contribution in [-0.2, 0) is 4.43 Å². The van der Waals surface area contributed by atoms with E-state index in [4.69, 9.17) is 4.43 Å². The summed E-state index contributed by atoms with van der Waals surface area (Å²) >= 11 is 0. The molecule has 1 N–H and O–H groups in total. The number of benzene rings is 1. The summed E-state index contributed by atoms with van der Waals surface area (Å²) in [6.45, 7) is 17.9. The van der Waals surface area contributed by atoms with Gasteiger partial charge in [0.15, 0.2) is 8.32 Å². The first-order valence-corrected chi connectivity index (χ1v) is 14.7. The zero-order valence-electron chi connectivity index (χ0n) is 16.7. The van der Waals surface area contributed by atoms with Crippen LogP contribution in [0.4, 0.5) is 0 Å². The Morgan fingerprint density at radius 3 is 2.04 bits per heavy atom. The SMILES string of the molecule is CCC(O)(C#CCO[Si](C)(C)C(C)(C)C)[Si](C)(C)c1ccccc1. The highest BCUT2D eigenvalue weighted by atomic mass is 28.4. The second-order valence-corrected chi connectivity index (χ2v) is 18.0. The molecule has 0 saturated heterocycles. The molecule has 0 fully saturated rings. The maximum atomic E-state index is 11.2. The van der Waals surface area contributed by atoms with Crippen molar-refractivity contribution in [3.8, 4) is 11.8 Å². The van der Waals surface area contributed by atoms with Crippen molar-refractivity contribution in [2.75, 3.05) is 6.61 Å². The fourth-order valence-electron chi connectivity index (χ4n) is 2.40. The van der Waals surface area contributed by atoms with Crippen LogP contribution in [0.5, 0.6) is 0 Å². The van der Waals surface area contributed by atoms with Gasteiger partial charge in [0.1, 0.15) is 13.3 Å². The standard InChI is InChI=1S/C20H34O2Si2/c1-9-20(21,23(5,6)18-14-11-10-12-15-18)16-13-17-22-24(7,8)19(2,3)4/h10-12,14-15,21H,9,17H2,1-8H3. The molecule has 0 aliphatic heterocycles. The van der Waals surface area contributed by atoms with Crippen LogP contribution in [0.1, 0.15) is 34.1 Å². The average molecular weight is 363 g/mol. The molecule has 0 aromatic heterocycles. The molecule has 0 aliphatic carbocycles. The first-order chi connectivity index (χ1) is 10.9. The number of hydrogen-bond donors (Lipinski definition) is 1. The van der Waals surface area contributed by atoms with E-state index in [0.717, 1.165) is 0 Å². The van der Waals surface area contributed by atoms with Crippen molar-refractivity contribution in [3.63, 3.8) is 0 Å². The van der Waals surface area contributed by atoms with E-state index in [1.165, 1.54) is 5.19 Å². The van der Waals surface area contributed by atoms with Crippen molar-refractivity contribution >= 4 is 21.6 Å². The summed E-state index contributed by atoms with van der Waals surface area (Å²) in [5.74, 6) is 6.30. The van der Waals surface area contributed by atoms with Gasteiger partial charge in [-0.15, -0.1) is 0 Å². The minimum atomic E-state index is -2.13. The molecular weight excluding hydrogens is 328 g/mol. The maximum absolute atomic E-state index is 11.2. The van der Waals surface area contributed by atoms with Crippen molar-refractivity contribution in [1.82, 2.24) is 0 Å². The summed E-state index contributed by atoms with van der Waals surface area (Å²) in [6.07, 6.45) is 0.633. The summed E-state index contributed by atoms with van der Waals surface area (Å²) in [4.78, 5) is 0. The first kappa shape index (κ1) is 21.2. The summed E-state index contributed by atoms with van der Waals surface area (Å²) in [7, 11) is -3.92. The highest BCUT2D eigenvalue weighted by molar-refractivity contribution is 6.92. The molecule has 1 aromatic rings. The zero-order valence-corrected chi connectivity index (χ0v) is 18.7. The Morgan fingerprint density at radius 1 is 1.04 bits per heavy atom. The molecule has 0 spiro atoms. The predicted octanol–water partition coefficient (Wildman–Crippen LogP) is 4.31. The number of rotatable bonds is 5. The number of hydrogen-bond acceptors (Lipinski definition) is 2. The lowest BCUT2D eigenvalue weighted by Crippen LogP contribution is -2.61. The Labute approximate surface area is 150 Å². The monoisotopic (exact) mass is 362 g/mol. The van der Waals surface area contributed by atoms with E-state index in [0.29, 0.717) is 13.0 Å². The molecule has 0 amide bonds. The fourth-order valence-corrected chi connectivity index (χ4v) is 6.05. The van der Waals surface area contributed by atoms with E-state index in [1.54, 1.807) is 0 Å². The molecule has 4 heteroatoms. The molecule has 1 rings (SSSR count). The van der Waals surface area contributed by atoms with Crippen LogP contribution in [0.2, 0.25) is 31.2 Å². The molecule has 24 heavy (non-hydrogen) atoms. The third-order valence-corrected chi connectivity index (χ3v) is 14.4. The van der Waals surface area contributed by atoms with Crippen molar-refractivity contribution < 1.29 is 9.53 Å². The van der Waals surface area contributed by atoms with Gasteiger partial charge in [-0.3, -0.25) is 0 Å². The lowest BCUT2D eigenvalue weighted by molar-refractivity contribution is 0.172. The summed E-state index contributed by atoms with van der Waals surface area (Å²) < 4.78 is 6.12. The Balaban J connectivity index is 2.95. The van der Waals surface area contributed by atoms with Gasteiger partial charge in [0.25, 0.3) is 0 Å². The van der Waals surface area contributed by atoms with Gasteiger partial charge in [0, 0.05) is 0 Å². The second-order valence-electron chi connectivity index (χ2n) is 8.56. The zero-order chi connectivity index (χ0) is 18.6. The highest BCUT2D eigenvalue weighted by Gasteiger charge is 2.44. The van der Waals surface area contributed by atoms with E-state index in [9.17, 15) is 5.11 Å². The van der Waals surface area contributed by atoms with Gasteiger partial charge in [0.05, 0.1) is 6.61 Å². The van der Waals surface area contributed by atoms with Crippen LogP contribution >= 0.6 is 0 Å². The smallest absolute Gasteiger partial charge is 0.193 e. The summed E-state index contributed by atoms with van der Waals surface area (Å²) in [5.41, 5.74) is 0. The van der Waals surface area contributed by atoms with Crippen LogP contribution in [0.25, 0.3) is 0 Å². The van der Waals surface area contributed by atoms with Crippen LogP contribution in [-0.4, -0.2) is 33.3 Å². The molecule has 134 valence electrons. The molecule has 0 radical (unpaired) electrons. The highest BCUT2D eigenvalue weighted by Crippen LogP contribution is 2.36. The van der Waals surface area contributed by atoms with Crippen molar-refractivity contribution in [1.29, 1.82) is 0 Å². The Morgan fingerprint density at radius 2 is 1.58 bits per heavy atom. The third kappa shape index (κ3) is 4.60. The molecule has 1 unspecified atom stereocenters. The quantitative estimate of drug-likeness (QED) is 0.625. The van der Waals surface area contributed by atoms with Gasteiger partial charge < -0.3 is 9.53 Å². The van der Waals surface area contributed by atoms with E-state index in [2.05, 4.69) is 70.9 Å². The molecule has 1 atom stereocenters. The normalized spacial score (nSPS) is 15.4. The fraction of sp³-hybridized carbons (Fsp3) is 0.600. The Bertz CT molecular complexity index is 592. The molecule has 2 nitrogen and oxygen atoms in total. The Hall–Kier alpha value is -0.866. The largest absolute Gasteiger partial charge is 0.406 e. The van der Waals surface area contributed by atoms with Gasteiger partial charge in [-0.2, -0.15) is 0 Å². The maximum Gasteiger partial charge on any atom is 0.193 e. The Kier molecular flexibility index (Phi) is 6.68. The van der Waals surface area contributed by atoms with Gasteiger partial charge in [-0.05, 0) is 24.6 Å². The molecule has 0 heterocycles. The molecule has 0 aliphatic rings. The predicted molar refractivity (Wildman–Crippen MR) is 110 cm³/mol. The van der Waals surface area contributed by atoms with Crippen molar-refractivity contribution in [3.05, 3.63) is 30.3 Å². The minimum absolute atomic E-state index is 0.174. The topological polar surface area (TPSA) is 29.5 Å². The van der Waals surface area contributed by atoms with Gasteiger partial charge in [0.2, 0.25) is 0 Å². The van der Waals surface area contributed by atoms with E-state index in [-0.39, 0.29) is 5.04 Å². The van der Waals surface area contributed by atoms with Crippen LogP contribution in [0.15, 0.2) is 30.3 Å². The first-order valence-electron chi connectivity index (χ1n) is 8.79. The lowest BCUT2D eigenvalue weighted by atomic mass is 10.2. The van der Waals surface area contributed by atoms with Crippen molar-refractivity contribution in [2.45, 2.75) is 70.6 Å². The average Bonchev–Trinajstić information content (AvgIpc) is 2.51. The third-order valence-electron chi connectivity index (χ3n) is 5.65. The lowest BCUT2D eigenvalue weighted by Gasteiger charge is -2.37. The van der Waals surface area contributed by atoms with Crippen LogP contribution in [0, 0.1) is 11.8 Å². The van der Waals surface area contributed by atoms with Gasteiger partial charge in [-0.25, -0.2) is 0 Å². The van der Waals surface area contributed by atoms with E-state index in [1.807, 2.05) is 25.1 Å². The summed E-state index contributed by atoms with van der Waals surface area (Å²) in [5, 5.41) is 11.7. The second kappa shape index (κ2) is 7.57. The summed E-state index contributed by atoms with van der Waals surface area (Å²) in [6, 6.07) is 10.3. The molecular formula is C20H34O2Si2. The van der Waals surface area contributed by atoms with Gasteiger partial charge >= 0.3 is 0 Å². The van der Waals surface area contributed by atoms with Crippen LogP contribution in [0.3, 0.4) is 0 Å². The van der Waals surface area contributed by atoms with Crippen molar-refractivity contribution in [2.24, 2.45) is 0 Å². The van der Waals surface area contributed by atoms with Gasteiger partial charge in [-0.1, -0.05) is 88.1 Å². The van der Waals surface area contributed by atoms with E-state index < -0.39 is 21.6 Å². The number of aliphatic hydroxyl groups is 1. The van der Waals surface area contributed by atoms with Crippen LogP contribution < -0.4 is 5.19 Å². The molecule has 0 bridgehead atoms.